The van der Waals surface area contributed by atoms with E-state index in [9.17, 15) is 5.11 Å². The Morgan fingerprint density at radius 2 is 1.80 bits per heavy atom. The lowest BCUT2D eigenvalue weighted by molar-refractivity contribution is 0.0234. The standard InChI is InChI=1S/C12H26N2O/c1-10-6-5-7-11(2)14(10)13-8-12(3,4)9-15/h10-11,13,15H,5-9H2,1-4H3. The Balaban J connectivity index is 2.42. The number of aliphatic hydroxyl groups is 1. The minimum Gasteiger partial charge on any atom is -0.396 e. The zero-order chi connectivity index (χ0) is 11.5. The van der Waals surface area contributed by atoms with Crippen molar-refractivity contribution in [2.24, 2.45) is 5.41 Å². The quantitative estimate of drug-likeness (QED) is 0.748. The highest BCUT2D eigenvalue weighted by molar-refractivity contribution is 4.78. The molecule has 1 aliphatic heterocycles. The van der Waals surface area contributed by atoms with Gasteiger partial charge >= 0.3 is 0 Å². The van der Waals surface area contributed by atoms with Crippen LogP contribution in [0.3, 0.4) is 0 Å². The van der Waals surface area contributed by atoms with Crippen LogP contribution in [0.5, 0.6) is 0 Å². The van der Waals surface area contributed by atoms with Gasteiger partial charge in [-0.2, -0.15) is 0 Å². The van der Waals surface area contributed by atoms with Crippen LogP contribution in [-0.2, 0) is 0 Å². The van der Waals surface area contributed by atoms with Gasteiger partial charge in [0.2, 0.25) is 0 Å². The molecule has 0 bridgehead atoms. The number of hydrogen-bond acceptors (Lipinski definition) is 3. The van der Waals surface area contributed by atoms with Gasteiger partial charge in [0.25, 0.3) is 0 Å². The molecule has 1 heterocycles. The monoisotopic (exact) mass is 214 g/mol. The summed E-state index contributed by atoms with van der Waals surface area (Å²) >= 11 is 0. The first-order valence-corrected chi connectivity index (χ1v) is 6.09. The lowest BCUT2D eigenvalue weighted by Crippen LogP contribution is -2.54. The smallest absolute Gasteiger partial charge is 0.0494 e. The van der Waals surface area contributed by atoms with Crippen LogP contribution in [0.15, 0.2) is 0 Å². The predicted molar refractivity (Wildman–Crippen MR) is 63.5 cm³/mol. The molecule has 0 aromatic carbocycles. The molecule has 3 nitrogen and oxygen atoms in total. The summed E-state index contributed by atoms with van der Waals surface area (Å²) < 4.78 is 0. The molecule has 90 valence electrons. The predicted octanol–water partition coefficient (Wildman–Crippen LogP) is 1.77. The molecule has 2 atom stereocenters. The molecule has 0 aliphatic carbocycles. The molecular formula is C12H26N2O. The number of piperidine rings is 1. The molecule has 0 saturated carbocycles. The second-order valence-corrected chi connectivity index (χ2v) is 5.69. The Morgan fingerprint density at radius 3 is 2.27 bits per heavy atom. The molecule has 3 heteroatoms. The van der Waals surface area contributed by atoms with Crippen molar-refractivity contribution >= 4 is 0 Å². The fourth-order valence-electron chi connectivity index (χ4n) is 2.09. The van der Waals surface area contributed by atoms with E-state index in [0.717, 1.165) is 6.54 Å². The number of hydrogen-bond donors (Lipinski definition) is 2. The second-order valence-electron chi connectivity index (χ2n) is 5.69. The van der Waals surface area contributed by atoms with Crippen molar-refractivity contribution in [1.29, 1.82) is 0 Å². The highest BCUT2D eigenvalue weighted by Gasteiger charge is 2.26. The first-order valence-electron chi connectivity index (χ1n) is 6.09. The Bertz CT molecular complexity index is 184. The average molecular weight is 214 g/mol. The van der Waals surface area contributed by atoms with Gasteiger partial charge in [0.15, 0.2) is 0 Å². The fourth-order valence-corrected chi connectivity index (χ4v) is 2.09. The van der Waals surface area contributed by atoms with E-state index >= 15 is 0 Å². The van der Waals surface area contributed by atoms with Crippen molar-refractivity contribution in [2.45, 2.75) is 59.0 Å². The summed E-state index contributed by atoms with van der Waals surface area (Å²) in [6, 6.07) is 1.23. The number of rotatable bonds is 4. The highest BCUT2D eigenvalue weighted by atomic mass is 16.3. The molecule has 1 saturated heterocycles. The molecule has 1 fully saturated rings. The topological polar surface area (TPSA) is 35.5 Å². The van der Waals surface area contributed by atoms with Gasteiger partial charge in [0.1, 0.15) is 0 Å². The lowest BCUT2D eigenvalue weighted by Gasteiger charge is -2.40. The van der Waals surface area contributed by atoms with Crippen molar-refractivity contribution in [3.63, 3.8) is 0 Å². The van der Waals surface area contributed by atoms with E-state index in [2.05, 4.69) is 38.1 Å². The van der Waals surface area contributed by atoms with E-state index < -0.39 is 0 Å². The van der Waals surface area contributed by atoms with Crippen molar-refractivity contribution in [3.05, 3.63) is 0 Å². The van der Waals surface area contributed by atoms with Crippen molar-refractivity contribution in [2.75, 3.05) is 13.2 Å². The van der Waals surface area contributed by atoms with Gasteiger partial charge in [-0.3, -0.25) is 5.43 Å². The number of aliphatic hydroxyl groups excluding tert-OH is 1. The van der Waals surface area contributed by atoms with Crippen LogP contribution in [-0.4, -0.2) is 35.4 Å². The third kappa shape index (κ3) is 3.74. The molecule has 2 N–H and O–H groups in total. The number of nitrogens with zero attached hydrogens (tertiary/aromatic N) is 1. The van der Waals surface area contributed by atoms with Gasteiger partial charge in [-0.25, -0.2) is 5.01 Å². The largest absolute Gasteiger partial charge is 0.396 e. The van der Waals surface area contributed by atoms with E-state index in [0.29, 0.717) is 12.1 Å². The third-order valence-electron chi connectivity index (χ3n) is 3.36. The maximum atomic E-state index is 9.20. The van der Waals surface area contributed by atoms with Crippen LogP contribution >= 0.6 is 0 Å². The zero-order valence-electron chi connectivity index (χ0n) is 10.6. The van der Waals surface area contributed by atoms with Gasteiger partial charge in [-0.05, 0) is 26.7 Å². The van der Waals surface area contributed by atoms with Gasteiger partial charge in [0.05, 0.1) is 0 Å². The molecule has 2 unspecified atom stereocenters. The molecule has 0 spiro atoms. The van der Waals surface area contributed by atoms with E-state index in [1.54, 1.807) is 0 Å². The van der Waals surface area contributed by atoms with Crippen LogP contribution in [0.1, 0.15) is 47.0 Å². The summed E-state index contributed by atoms with van der Waals surface area (Å²) in [6.45, 7) is 9.79. The second kappa shape index (κ2) is 5.28. The van der Waals surface area contributed by atoms with Crippen LogP contribution in [0.25, 0.3) is 0 Å². The molecule has 0 radical (unpaired) electrons. The molecule has 1 aliphatic rings. The average Bonchev–Trinajstić information content (AvgIpc) is 2.17. The van der Waals surface area contributed by atoms with Crippen LogP contribution in [0.4, 0.5) is 0 Å². The van der Waals surface area contributed by atoms with E-state index in [4.69, 9.17) is 0 Å². The van der Waals surface area contributed by atoms with E-state index in [1.807, 2.05) is 0 Å². The lowest BCUT2D eigenvalue weighted by atomic mass is 9.95. The van der Waals surface area contributed by atoms with Crippen molar-refractivity contribution in [1.82, 2.24) is 10.4 Å². The molecule has 1 rings (SSSR count). The summed E-state index contributed by atoms with van der Waals surface area (Å²) in [7, 11) is 0. The first-order chi connectivity index (χ1) is 6.96. The van der Waals surface area contributed by atoms with Crippen LogP contribution in [0, 0.1) is 5.41 Å². The summed E-state index contributed by atoms with van der Waals surface area (Å²) in [5.74, 6) is 0. The first kappa shape index (κ1) is 12.9. The van der Waals surface area contributed by atoms with Gasteiger partial charge < -0.3 is 5.11 Å². The van der Waals surface area contributed by atoms with Gasteiger partial charge in [0, 0.05) is 30.7 Å². The van der Waals surface area contributed by atoms with Crippen LogP contribution < -0.4 is 5.43 Å². The molecular weight excluding hydrogens is 188 g/mol. The molecule has 15 heavy (non-hydrogen) atoms. The van der Waals surface area contributed by atoms with Gasteiger partial charge in [-0.15, -0.1) is 0 Å². The number of hydrazine groups is 1. The Hall–Kier alpha value is -0.120. The molecule has 0 amide bonds. The zero-order valence-corrected chi connectivity index (χ0v) is 10.6. The van der Waals surface area contributed by atoms with Crippen molar-refractivity contribution in [3.8, 4) is 0 Å². The van der Waals surface area contributed by atoms with Gasteiger partial charge in [-0.1, -0.05) is 20.3 Å². The highest BCUT2D eigenvalue weighted by Crippen LogP contribution is 2.21. The summed E-state index contributed by atoms with van der Waals surface area (Å²) in [5.41, 5.74) is 3.45. The fraction of sp³-hybridized carbons (Fsp3) is 1.00. The van der Waals surface area contributed by atoms with E-state index in [1.165, 1.54) is 19.3 Å². The maximum Gasteiger partial charge on any atom is 0.0494 e. The molecule has 0 aromatic heterocycles. The minimum atomic E-state index is -0.0309. The molecule has 0 aromatic rings. The third-order valence-corrected chi connectivity index (χ3v) is 3.36. The Labute approximate surface area is 93.8 Å². The summed E-state index contributed by atoms with van der Waals surface area (Å²) in [4.78, 5) is 0. The van der Waals surface area contributed by atoms with Crippen molar-refractivity contribution < 1.29 is 5.11 Å². The Morgan fingerprint density at radius 1 is 1.27 bits per heavy atom. The maximum absolute atomic E-state index is 9.20. The van der Waals surface area contributed by atoms with Crippen LogP contribution in [0.2, 0.25) is 0 Å². The normalized spacial score (nSPS) is 29.4. The number of nitrogens with one attached hydrogen (secondary N) is 1. The van der Waals surface area contributed by atoms with E-state index in [-0.39, 0.29) is 12.0 Å². The minimum absolute atomic E-state index is 0.0309. The Kier molecular flexibility index (Phi) is 4.56. The summed E-state index contributed by atoms with van der Waals surface area (Å²) in [6.07, 6.45) is 3.89. The SMILES string of the molecule is CC1CCCC(C)N1NCC(C)(C)CO. The summed E-state index contributed by atoms with van der Waals surface area (Å²) in [5, 5.41) is 11.6.